The lowest BCUT2D eigenvalue weighted by Gasteiger charge is -2.40. The van der Waals surface area contributed by atoms with Crippen molar-refractivity contribution in [3.05, 3.63) is 108 Å². The van der Waals surface area contributed by atoms with E-state index < -0.39 is 49.4 Å². The van der Waals surface area contributed by atoms with E-state index in [1.54, 1.807) is 78.9 Å². The van der Waals surface area contributed by atoms with Crippen molar-refractivity contribution in [2.24, 2.45) is 0 Å². The van der Waals surface area contributed by atoms with Crippen LogP contribution < -0.4 is 0 Å². The Hall–Kier alpha value is -3.62. The Kier molecular flexibility index (Phi) is 7.84. The molecule has 3 aromatic carbocycles. The molecule has 1 heterocycles. The fourth-order valence-corrected chi connectivity index (χ4v) is 3.61. The summed E-state index contributed by atoms with van der Waals surface area (Å²) < 4.78 is 51.5. The second-order valence-corrected chi connectivity index (χ2v) is 8.04. The van der Waals surface area contributed by atoms with Crippen LogP contribution in [0.2, 0.25) is 0 Å². The van der Waals surface area contributed by atoms with E-state index in [1.165, 1.54) is 12.1 Å². The highest BCUT2D eigenvalue weighted by Gasteiger charge is 2.53. The summed E-state index contributed by atoms with van der Waals surface area (Å²) in [5.74, 6) is -4.88. The van der Waals surface area contributed by atoms with Gasteiger partial charge >= 0.3 is 17.9 Å². The van der Waals surface area contributed by atoms with Gasteiger partial charge in [0.1, 0.15) is 18.8 Å². The number of alkyl halides is 2. The Bertz CT molecular complexity index is 1110. The zero-order valence-electron chi connectivity index (χ0n) is 18.7. The molecule has 6 nitrogen and oxygen atoms in total. The summed E-state index contributed by atoms with van der Waals surface area (Å²) in [4.78, 5) is 25.0. The molecule has 0 saturated carbocycles. The Morgan fingerprint density at radius 1 is 0.829 bits per heavy atom. The zero-order valence-corrected chi connectivity index (χ0v) is 18.7. The van der Waals surface area contributed by atoms with Crippen LogP contribution in [0.4, 0.5) is 8.78 Å². The molecule has 0 aliphatic carbocycles. The Morgan fingerprint density at radius 3 is 1.97 bits per heavy atom. The lowest BCUT2D eigenvalue weighted by atomic mass is 10.0. The second kappa shape index (κ2) is 11.2. The number of halogens is 2. The second-order valence-electron chi connectivity index (χ2n) is 8.04. The highest BCUT2D eigenvalue weighted by atomic mass is 19.3. The van der Waals surface area contributed by atoms with Crippen molar-refractivity contribution < 1.29 is 37.3 Å². The molecule has 3 atom stereocenters. The van der Waals surface area contributed by atoms with Crippen LogP contribution in [-0.2, 0) is 25.6 Å². The van der Waals surface area contributed by atoms with E-state index in [0.29, 0.717) is 11.1 Å². The SMILES string of the molecule is O=C(OC[C@H]1O[C@@H](OCc2ccccc2)C(F)(F)C[C@@H]1OC(=O)c1ccccc1)c1ccccc1. The minimum atomic E-state index is -3.45. The van der Waals surface area contributed by atoms with Crippen molar-refractivity contribution in [2.45, 2.75) is 37.4 Å². The predicted molar refractivity (Wildman–Crippen MR) is 122 cm³/mol. The number of esters is 2. The lowest BCUT2D eigenvalue weighted by Crippen LogP contribution is -2.55. The molecule has 0 bridgehead atoms. The summed E-state index contributed by atoms with van der Waals surface area (Å²) in [6.07, 6.45) is -5.28. The third-order valence-electron chi connectivity index (χ3n) is 5.43. The van der Waals surface area contributed by atoms with Crippen molar-refractivity contribution in [1.29, 1.82) is 0 Å². The number of ether oxygens (including phenoxy) is 4. The topological polar surface area (TPSA) is 71.1 Å². The third kappa shape index (κ3) is 6.49. The van der Waals surface area contributed by atoms with Gasteiger partial charge in [0.25, 0.3) is 0 Å². The van der Waals surface area contributed by atoms with Crippen LogP contribution in [0.3, 0.4) is 0 Å². The van der Waals surface area contributed by atoms with Crippen molar-refractivity contribution in [3.63, 3.8) is 0 Å². The van der Waals surface area contributed by atoms with E-state index in [2.05, 4.69) is 0 Å². The maximum atomic E-state index is 15.0. The monoisotopic (exact) mass is 482 g/mol. The molecule has 1 saturated heterocycles. The molecular weight excluding hydrogens is 458 g/mol. The van der Waals surface area contributed by atoms with Gasteiger partial charge in [0.2, 0.25) is 6.29 Å². The molecule has 1 aliphatic rings. The molecule has 0 aromatic heterocycles. The number of hydrogen-bond acceptors (Lipinski definition) is 6. The van der Waals surface area contributed by atoms with Crippen molar-refractivity contribution in [2.75, 3.05) is 6.61 Å². The normalized spacial score (nSPS) is 21.1. The van der Waals surface area contributed by atoms with Crippen LogP contribution in [0.5, 0.6) is 0 Å². The van der Waals surface area contributed by atoms with Gasteiger partial charge < -0.3 is 18.9 Å². The molecule has 0 spiro atoms. The first kappa shape index (κ1) is 24.5. The average molecular weight is 482 g/mol. The van der Waals surface area contributed by atoms with Crippen LogP contribution >= 0.6 is 0 Å². The Labute approximate surface area is 201 Å². The van der Waals surface area contributed by atoms with E-state index in [4.69, 9.17) is 18.9 Å². The van der Waals surface area contributed by atoms with Gasteiger partial charge in [-0.25, -0.2) is 18.4 Å². The molecule has 0 unspecified atom stereocenters. The fraction of sp³-hybridized carbons (Fsp3) is 0.259. The standard InChI is InChI=1S/C27H24F2O6/c28-27(29)16-22(34-25(31)21-14-8-3-9-15-21)23(18-32-24(30)20-12-6-2-7-13-20)35-26(27)33-17-19-10-4-1-5-11-19/h1-15,22-23,26H,16-18H2/t22-,23+,26+/m0/s1. The van der Waals surface area contributed by atoms with E-state index in [1.807, 2.05) is 0 Å². The number of carbonyl (C=O) groups is 2. The summed E-state index contributed by atoms with van der Waals surface area (Å²) in [5.41, 5.74) is 1.19. The molecule has 0 N–H and O–H groups in total. The van der Waals surface area contributed by atoms with Crippen LogP contribution in [0, 0.1) is 0 Å². The van der Waals surface area contributed by atoms with Gasteiger partial charge in [-0.15, -0.1) is 0 Å². The highest BCUT2D eigenvalue weighted by Crippen LogP contribution is 2.37. The number of carbonyl (C=O) groups excluding carboxylic acids is 2. The smallest absolute Gasteiger partial charge is 0.338 e. The van der Waals surface area contributed by atoms with E-state index in [9.17, 15) is 18.4 Å². The maximum Gasteiger partial charge on any atom is 0.338 e. The molecule has 0 radical (unpaired) electrons. The number of rotatable bonds is 8. The molecule has 1 aliphatic heterocycles. The fourth-order valence-electron chi connectivity index (χ4n) is 3.61. The van der Waals surface area contributed by atoms with Gasteiger partial charge in [-0.1, -0.05) is 66.7 Å². The molecule has 182 valence electrons. The molecule has 4 rings (SSSR count). The van der Waals surface area contributed by atoms with Gasteiger partial charge in [0.05, 0.1) is 24.2 Å². The van der Waals surface area contributed by atoms with Crippen LogP contribution in [0.1, 0.15) is 32.7 Å². The molecule has 35 heavy (non-hydrogen) atoms. The molecule has 1 fully saturated rings. The molecular formula is C27H24F2O6. The first-order valence-corrected chi connectivity index (χ1v) is 11.1. The van der Waals surface area contributed by atoms with Gasteiger partial charge in [0.15, 0.2) is 0 Å². The van der Waals surface area contributed by atoms with Gasteiger partial charge in [0, 0.05) is 0 Å². The van der Waals surface area contributed by atoms with E-state index >= 15 is 0 Å². The minimum Gasteiger partial charge on any atom is -0.459 e. The summed E-state index contributed by atoms with van der Waals surface area (Å²) in [7, 11) is 0. The number of hydrogen-bond donors (Lipinski definition) is 0. The Balaban J connectivity index is 1.48. The number of benzene rings is 3. The van der Waals surface area contributed by atoms with Crippen LogP contribution in [0.15, 0.2) is 91.0 Å². The first-order valence-electron chi connectivity index (χ1n) is 11.1. The lowest BCUT2D eigenvalue weighted by molar-refractivity contribution is -0.325. The van der Waals surface area contributed by atoms with Gasteiger partial charge in [-0.2, -0.15) is 0 Å². The van der Waals surface area contributed by atoms with Crippen molar-refractivity contribution >= 4 is 11.9 Å². The maximum absolute atomic E-state index is 15.0. The average Bonchev–Trinajstić information content (AvgIpc) is 2.88. The van der Waals surface area contributed by atoms with Crippen LogP contribution in [-0.4, -0.2) is 43.0 Å². The van der Waals surface area contributed by atoms with E-state index in [-0.39, 0.29) is 12.2 Å². The highest BCUT2D eigenvalue weighted by molar-refractivity contribution is 5.90. The Morgan fingerprint density at radius 2 is 1.37 bits per heavy atom. The van der Waals surface area contributed by atoms with Gasteiger partial charge in [-0.3, -0.25) is 0 Å². The van der Waals surface area contributed by atoms with Crippen molar-refractivity contribution in [3.8, 4) is 0 Å². The summed E-state index contributed by atoms with van der Waals surface area (Å²) in [6.45, 7) is -0.506. The van der Waals surface area contributed by atoms with Crippen LogP contribution in [0.25, 0.3) is 0 Å². The van der Waals surface area contributed by atoms with Crippen molar-refractivity contribution in [1.82, 2.24) is 0 Å². The molecule has 8 heteroatoms. The quantitative estimate of drug-likeness (QED) is 0.419. The summed E-state index contributed by atoms with van der Waals surface area (Å²) >= 11 is 0. The zero-order chi connectivity index (χ0) is 24.7. The molecule has 0 amide bonds. The summed E-state index contributed by atoms with van der Waals surface area (Å²) in [5, 5.41) is 0. The predicted octanol–water partition coefficient (Wildman–Crippen LogP) is 5.04. The largest absolute Gasteiger partial charge is 0.459 e. The van der Waals surface area contributed by atoms with E-state index in [0.717, 1.165) is 0 Å². The first-order chi connectivity index (χ1) is 16.9. The summed E-state index contributed by atoms with van der Waals surface area (Å²) in [6, 6.07) is 25.1. The molecule has 3 aromatic rings. The van der Waals surface area contributed by atoms with Gasteiger partial charge in [-0.05, 0) is 29.8 Å². The third-order valence-corrected chi connectivity index (χ3v) is 5.43. The minimum absolute atomic E-state index is 0.105.